The molecule has 1 rings (SSSR count). The fraction of sp³-hybridized carbons (Fsp3) is 0.524. The molecule has 0 radical (unpaired) electrons. The summed E-state index contributed by atoms with van der Waals surface area (Å²) in [6.45, 7) is 0.664. The number of benzene rings is 1. The van der Waals surface area contributed by atoms with E-state index in [1.165, 1.54) is 45.3 Å². The molecule has 0 N–H and O–H groups in total. The molecular weight excluding hydrogens is 316 g/mol. The van der Waals surface area contributed by atoms with Crippen molar-refractivity contribution in [3.63, 3.8) is 0 Å². The van der Waals surface area contributed by atoms with Crippen molar-refractivity contribution >= 4 is 12.3 Å². The number of ether oxygens (including phenoxy) is 2. The quantitative estimate of drug-likeness (QED) is 0.203. The molecule has 0 unspecified atom stereocenters. The summed E-state index contributed by atoms with van der Waals surface area (Å²) in [5, 5.41) is 0. The number of hydrogen-bond donors (Lipinski definition) is 0. The van der Waals surface area contributed by atoms with Crippen LogP contribution in [0.2, 0.25) is 0 Å². The lowest BCUT2D eigenvalue weighted by molar-refractivity contribution is -0.134. The van der Waals surface area contributed by atoms with Crippen LogP contribution in [-0.2, 0) is 9.53 Å². The first-order valence-corrected chi connectivity index (χ1v) is 9.19. The largest absolute Gasteiger partial charge is 0.493 e. The third-order valence-corrected chi connectivity index (χ3v) is 4.02. The Bertz CT molecular complexity index is 522. The summed E-state index contributed by atoms with van der Waals surface area (Å²) < 4.78 is 10.2. The summed E-state index contributed by atoms with van der Waals surface area (Å²) in [5.74, 6) is 0.400. The number of para-hydroxylation sites is 1. The van der Waals surface area contributed by atoms with Gasteiger partial charge in [0.05, 0.1) is 19.3 Å². The van der Waals surface area contributed by atoms with Gasteiger partial charge in [0.15, 0.2) is 6.29 Å². The maximum Gasteiger partial charge on any atom is 0.330 e. The Morgan fingerprint density at radius 3 is 2.28 bits per heavy atom. The van der Waals surface area contributed by atoms with Crippen LogP contribution in [0, 0.1) is 0 Å². The third-order valence-electron chi connectivity index (χ3n) is 4.02. The summed E-state index contributed by atoms with van der Waals surface area (Å²) in [6.07, 6.45) is 14.6. The van der Waals surface area contributed by atoms with Crippen LogP contribution >= 0.6 is 0 Å². The second-order valence-corrected chi connectivity index (χ2v) is 6.05. The van der Waals surface area contributed by atoms with Gasteiger partial charge in [-0.15, -0.1) is 0 Å². The van der Waals surface area contributed by atoms with Crippen molar-refractivity contribution in [2.45, 2.75) is 57.8 Å². The number of methoxy groups -OCH3 is 1. The highest BCUT2D eigenvalue weighted by atomic mass is 16.5. The summed E-state index contributed by atoms with van der Waals surface area (Å²) in [7, 11) is 1.39. The van der Waals surface area contributed by atoms with E-state index in [9.17, 15) is 9.59 Å². The Kier molecular flexibility index (Phi) is 11.9. The number of esters is 1. The normalized spacial score (nSPS) is 10.8. The van der Waals surface area contributed by atoms with Crippen LogP contribution in [0.15, 0.2) is 36.4 Å². The van der Waals surface area contributed by atoms with Crippen molar-refractivity contribution < 1.29 is 19.1 Å². The number of hydrogen-bond acceptors (Lipinski definition) is 4. The Labute approximate surface area is 151 Å². The molecule has 0 atom stereocenters. The van der Waals surface area contributed by atoms with E-state index in [2.05, 4.69) is 4.74 Å². The van der Waals surface area contributed by atoms with Crippen molar-refractivity contribution in [3.8, 4) is 5.75 Å². The summed E-state index contributed by atoms with van der Waals surface area (Å²) >= 11 is 0. The van der Waals surface area contributed by atoms with Gasteiger partial charge in [-0.25, -0.2) is 4.79 Å². The average Bonchev–Trinajstić information content (AvgIpc) is 2.65. The molecule has 0 spiro atoms. The van der Waals surface area contributed by atoms with Gasteiger partial charge in [0.2, 0.25) is 0 Å². The Hall–Kier alpha value is -2.10. The lowest BCUT2D eigenvalue weighted by Crippen LogP contribution is -1.99. The van der Waals surface area contributed by atoms with E-state index in [1.54, 1.807) is 6.07 Å². The predicted molar refractivity (Wildman–Crippen MR) is 100 cm³/mol. The van der Waals surface area contributed by atoms with Crippen LogP contribution in [0.4, 0.5) is 0 Å². The average molecular weight is 346 g/mol. The van der Waals surface area contributed by atoms with E-state index in [-0.39, 0.29) is 5.97 Å². The minimum atomic E-state index is -0.279. The lowest BCUT2D eigenvalue weighted by atomic mass is 10.1. The predicted octanol–water partition coefficient (Wildman–Crippen LogP) is 5.12. The van der Waals surface area contributed by atoms with Gasteiger partial charge in [0.25, 0.3) is 0 Å². The molecule has 0 amide bonds. The molecule has 0 bridgehead atoms. The summed E-state index contributed by atoms with van der Waals surface area (Å²) in [4.78, 5) is 21.8. The maximum absolute atomic E-state index is 10.9. The minimum Gasteiger partial charge on any atom is -0.493 e. The van der Waals surface area contributed by atoms with Gasteiger partial charge in [-0.3, -0.25) is 4.79 Å². The molecule has 0 aliphatic heterocycles. The zero-order valence-electron chi connectivity index (χ0n) is 15.2. The molecule has 25 heavy (non-hydrogen) atoms. The van der Waals surface area contributed by atoms with Crippen LogP contribution < -0.4 is 4.74 Å². The van der Waals surface area contributed by atoms with E-state index in [0.29, 0.717) is 17.9 Å². The first-order valence-electron chi connectivity index (χ1n) is 9.19. The van der Waals surface area contributed by atoms with Gasteiger partial charge >= 0.3 is 5.97 Å². The van der Waals surface area contributed by atoms with Crippen molar-refractivity contribution in [2.24, 2.45) is 0 Å². The van der Waals surface area contributed by atoms with Crippen LogP contribution in [0.1, 0.15) is 68.1 Å². The summed E-state index contributed by atoms with van der Waals surface area (Å²) in [6, 6.07) is 7.33. The molecule has 4 heteroatoms. The SMILES string of the molecule is COC(=O)/C=C/CCCCCCCCCCOc1ccccc1C=O. The molecule has 138 valence electrons. The maximum atomic E-state index is 10.9. The molecule has 0 saturated heterocycles. The summed E-state index contributed by atoms with van der Waals surface area (Å²) in [5.41, 5.74) is 0.615. The number of aldehydes is 1. The molecule has 4 nitrogen and oxygen atoms in total. The molecule has 1 aromatic rings. The molecule has 0 fully saturated rings. The van der Waals surface area contributed by atoms with Crippen molar-refractivity contribution in [2.75, 3.05) is 13.7 Å². The highest BCUT2D eigenvalue weighted by Crippen LogP contribution is 2.16. The molecule has 0 aliphatic rings. The van der Waals surface area contributed by atoms with Gasteiger partial charge in [0.1, 0.15) is 5.75 Å². The highest BCUT2D eigenvalue weighted by Gasteiger charge is 2.00. The third kappa shape index (κ3) is 10.4. The molecule has 0 aliphatic carbocycles. The van der Waals surface area contributed by atoms with Crippen molar-refractivity contribution in [1.29, 1.82) is 0 Å². The molecule has 0 heterocycles. The van der Waals surface area contributed by atoms with E-state index in [0.717, 1.165) is 32.0 Å². The van der Waals surface area contributed by atoms with Gasteiger partial charge in [0, 0.05) is 6.08 Å². The second-order valence-electron chi connectivity index (χ2n) is 6.05. The van der Waals surface area contributed by atoms with Crippen molar-refractivity contribution in [1.82, 2.24) is 0 Å². The first-order chi connectivity index (χ1) is 12.3. The lowest BCUT2D eigenvalue weighted by Gasteiger charge is -2.08. The second kappa shape index (κ2) is 14.3. The minimum absolute atomic E-state index is 0.279. The van der Waals surface area contributed by atoms with E-state index in [1.807, 2.05) is 24.3 Å². The smallest absolute Gasteiger partial charge is 0.330 e. The topological polar surface area (TPSA) is 52.6 Å². The monoisotopic (exact) mass is 346 g/mol. The number of unbranched alkanes of at least 4 members (excludes halogenated alkanes) is 8. The number of carbonyl (C=O) groups excluding carboxylic acids is 2. The van der Waals surface area contributed by atoms with Gasteiger partial charge < -0.3 is 9.47 Å². The zero-order valence-corrected chi connectivity index (χ0v) is 15.2. The van der Waals surface area contributed by atoms with Crippen molar-refractivity contribution in [3.05, 3.63) is 42.0 Å². The number of rotatable bonds is 14. The Morgan fingerprint density at radius 2 is 1.60 bits per heavy atom. The van der Waals surface area contributed by atoms with Gasteiger partial charge in [-0.05, 0) is 31.4 Å². The Balaban J connectivity index is 1.90. The highest BCUT2D eigenvalue weighted by molar-refractivity contribution is 5.81. The standard InChI is InChI=1S/C21H30O4/c1-24-21(23)16-10-8-6-4-2-3-5-7-9-13-17-25-20-15-12-11-14-19(20)18-22/h10-12,14-16,18H,2-9,13,17H2,1H3/b16-10+. The Morgan fingerprint density at radius 1 is 0.960 bits per heavy atom. The van der Waals surface area contributed by atoms with E-state index >= 15 is 0 Å². The molecule has 1 aromatic carbocycles. The van der Waals surface area contributed by atoms with Gasteiger partial charge in [-0.2, -0.15) is 0 Å². The molecular formula is C21H30O4. The fourth-order valence-electron chi connectivity index (χ4n) is 2.56. The number of carbonyl (C=O) groups is 2. The fourth-order valence-corrected chi connectivity index (χ4v) is 2.56. The molecule has 0 saturated carbocycles. The van der Waals surface area contributed by atoms with Crippen LogP contribution in [-0.4, -0.2) is 26.0 Å². The van der Waals surface area contributed by atoms with Crippen LogP contribution in [0.3, 0.4) is 0 Å². The first kappa shape index (κ1) is 20.9. The molecule has 0 aromatic heterocycles. The number of allylic oxidation sites excluding steroid dienone is 1. The van der Waals surface area contributed by atoms with E-state index < -0.39 is 0 Å². The van der Waals surface area contributed by atoms with Crippen LogP contribution in [0.5, 0.6) is 5.75 Å². The van der Waals surface area contributed by atoms with Gasteiger partial charge in [-0.1, -0.05) is 56.7 Å². The zero-order chi connectivity index (χ0) is 18.2. The van der Waals surface area contributed by atoms with E-state index in [4.69, 9.17) is 4.74 Å². The van der Waals surface area contributed by atoms with Crippen LogP contribution in [0.25, 0.3) is 0 Å².